The van der Waals surface area contributed by atoms with Crippen LogP contribution in [0.4, 0.5) is 36.8 Å². The number of piperazine rings is 1. The lowest BCUT2D eigenvalue weighted by atomic mass is 9.97. The predicted molar refractivity (Wildman–Crippen MR) is 187 cm³/mol. The lowest BCUT2D eigenvalue weighted by molar-refractivity contribution is -0.142. The first-order valence-electron chi connectivity index (χ1n) is 17.9. The van der Waals surface area contributed by atoms with Crippen molar-refractivity contribution in [2.45, 2.75) is 62.6 Å². The van der Waals surface area contributed by atoms with Gasteiger partial charge in [0.15, 0.2) is 6.10 Å². The molecule has 0 bridgehead atoms. The molecule has 12 nitrogen and oxygen atoms in total. The zero-order chi connectivity index (χ0) is 38.4. The van der Waals surface area contributed by atoms with Gasteiger partial charge >= 0.3 is 24.1 Å². The number of likely N-dealkylation sites (tertiary alicyclic amines) is 2. The number of anilines is 1. The fourth-order valence-corrected chi connectivity index (χ4v) is 7.98. The largest absolute Gasteiger partial charge is 0.436 e. The number of nitrogens with two attached hydrogens (primary N) is 1. The maximum absolute atomic E-state index is 14.0. The SMILES string of the molecule is Nc1c(C(F)(F)F)cc(CC(OC(=O)N2CCC(n3c(=O)[nH]c4c5ccccc5ncc43)CC2)C(=O)N2CCC(N3CCNCC3)CC2)cc1C(F)(F)F. The number of piperidine rings is 2. The average molecular weight is 763 g/mol. The topological polar surface area (TPSA) is 142 Å². The number of hydrogen-bond donors (Lipinski definition) is 3. The summed E-state index contributed by atoms with van der Waals surface area (Å²) in [7, 11) is 0. The summed E-state index contributed by atoms with van der Waals surface area (Å²) in [6.07, 6.45) is -10.3. The molecule has 4 N–H and O–H groups in total. The molecular formula is C36H40F6N8O4. The highest BCUT2D eigenvalue weighted by Crippen LogP contribution is 2.42. The van der Waals surface area contributed by atoms with Gasteiger partial charge < -0.3 is 30.6 Å². The van der Waals surface area contributed by atoms with E-state index in [-0.39, 0.29) is 44.0 Å². The van der Waals surface area contributed by atoms with Gasteiger partial charge in [-0.3, -0.25) is 19.2 Å². The molecule has 0 saturated carbocycles. The Morgan fingerprint density at radius 3 is 2.09 bits per heavy atom. The summed E-state index contributed by atoms with van der Waals surface area (Å²) in [5, 5.41) is 4.07. The van der Waals surface area contributed by atoms with E-state index in [9.17, 15) is 40.7 Å². The molecule has 1 atom stereocenters. The minimum absolute atomic E-state index is 0.110. The van der Waals surface area contributed by atoms with Crippen LogP contribution in [-0.2, 0) is 28.3 Å². The first-order chi connectivity index (χ1) is 25.7. The third-order valence-electron chi connectivity index (χ3n) is 10.8. The number of fused-ring (bicyclic) bond motifs is 3. The standard InChI is InChI=1S/C36H40F6N8O4/c37-35(38,39)25-17-21(18-26(30(25)43)36(40,41)42)19-29(32(51)48-11-5-22(6-12-48)47-15-9-44-10-16-47)54-34(53)49-13-7-23(8-14-49)50-28-20-45-27-4-2-1-3-24(27)31(28)46-33(50)52/h1-4,17-18,20,22-23,29,44H,5-16,19,43H2,(H,46,52). The number of imidazole rings is 1. The van der Waals surface area contributed by atoms with E-state index in [1.54, 1.807) is 10.8 Å². The fraction of sp³-hybridized carbons (Fsp3) is 0.500. The second-order valence-corrected chi connectivity index (χ2v) is 14.1. The van der Waals surface area contributed by atoms with E-state index in [1.807, 2.05) is 24.3 Å². The highest BCUT2D eigenvalue weighted by molar-refractivity contribution is 6.01. The fourth-order valence-electron chi connectivity index (χ4n) is 7.98. The zero-order valence-corrected chi connectivity index (χ0v) is 29.2. The second-order valence-electron chi connectivity index (χ2n) is 14.1. The summed E-state index contributed by atoms with van der Waals surface area (Å²) in [5.74, 6) is -0.707. The van der Waals surface area contributed by atoms with Gasteiger partial charge in [0.25, 0.3) is 5.91 Å². The Labute approximate surface area is 305 Å². The number of nitrogens with zero attached hydrogens (tertiary/aromatic N) is 5. The number of para-hydroxylation sites is 1. The van der Waals surface area contributed by atoms with Crippen LogP contribution >= 0.6 is 0 Å². The van der Waals surface area contributed by atoms with Crippen LogP contribution in [0.1, 0.15) is 48.4 Å². The van der Waals surface area contributed by atoms with Crippen LogP contribution in [0, 0.1) is 0 Å². The Morgan fingerprint density at radius 1 is 0.870 bits per heavy atom. The molecule has 4 aromatic rings. The minimum Gasteiger partial charge on any atom is -0.436 e. The van der Waals surface area contributed by atoms with Gasteiger partial charge in [-0.1, -0.05) is 18.2 Å². The third-order valence-corrected chi connectivity index (χ3v) is 10.8. The number of pyridine rings is 1. The van der Waals surface area contributed by atoms with E-state index >= 15 is 0 Å². The summed E-state index contributed by atoms with van der Waals surface area (Å²) in [6.45, 7) is 4.14. The quantitative estimate of drug-likeness (QED) is 0.189. The van der Waals surface area contributed by atoms with Gasteiger partial charge in [-0.2, -0.15) is 26.3 Å². The van der Waals surface area contributed by atoms with Gasteiger partial charge in [0.2, 0.25) is 0 Å². The van der Waals surface area contributed by atoms with Gasteiger partial charge in [0, 0.05) is 76.2 Å². The Kier molecular flexibility index (Phi) is 10.2. The van der Waals surface area contributed by atoms with E-state index in [0.29, 0.717) is 54.4 Å². The molecule has 1 unspecified atom stereocenters. The number of alkyl halides is 6. The number of benzene rings is 2. The van der Waals surface area contributed by atoms with Crippen molar-refractivity contribution in [1.29, 1.82) is 0 Å². The number of nitrogens with one attached hydrogen (secondary N) is 2. The lowest BCUT2D eigenvalue weighted by Crippen LogP contribution is -2.54. The van der Waals surface area contributed by atoms with Crippen molar-refractivity contribution in [2.24, 2.45) is 0 Å². The number of ether oxygens (including phenoxy) is 1. The first kappa shape index (κ1) is 37.5. The summed E-state index contributed by atoms with van der Waals surface area (Å²) in [5.41, 5.74) is 1.59. The molecule has 7 rings (SSSR count). The summed E-state index contributed by atoms with van der Waals surface area (Å²) < 4.78 is 90.7. The molecule has 3 fully saturated rings. The zero-order valence-electron chi connectivity index (χ0n) is 29.2. The molecule has 2 aromatic carbocycles. The molecule has 5 heterocycles. The molecule has 18 heteroatoms. The van der Waals surface area contributed by atoms with E-state index in [1.165, 1.54) is 9.80 Å². The molecule has 2 amide bonds. The van der Waals surface area contributed by atoms with Crippen LogP contribution in [0.25, 0.3) is 21.9 Å². The number of aromatic amines is 1. The molecule has 3 aliphatic rings. The smallest absolute Gasteiger partial charge is 0.418 e. The average Bonchev–Trinajstić information content (AvgIpc) is 3.50. The molecule has 3 aliphatic heterocycles. The van der Waals surface area contributed by atoms with E-state index in [4.69, 9.17) is 10.5 Å². The van der Waals surface area contributed by atoms with Crippen LogP contribution in [0.15, 0.2) is 47.4 Å². The number of H-pyrrole nitrogens is 1. The van der Waals surface area contributed by atoms with E-state index in [2.05, 4.69) is 20.2 Å². The third kappa shape index (κ3) is 7.58. The van der Waals surface area contributed by atoms with Crippen molar-refractivity contribution in [3.63, 3.8) is 0 Å². The maximum Gasteiger partial charge on any atom is 0.418 e. The summed E-state index contributed by atoms with van der Waals surface area (Å²) >= 11 is 0. The van der Waals surface area contributed by atoms with Crippen molar-refractivity contribution >= 4 is 39.6 Å². The van der Waals surface area contributed by atoms with Crippen LogP contribution < -0.4 is 16.7 Å². The summed E-state index contributed by atoms with van der Waals surface area (Å²) in [4.78, 5) is 53.2. The minimum atomic E-state index is -5.22. The van der Waals surface area contributed by atoms with Crippen LogP contribution in [-0.4, -0.2) is 106 Å². The van der Waals surface area contributed by atoms with Gasteiger partial charge in [-0.25, -0.2) is 9.59 Å². The van der Waals surface area contributed by atoms with Crippen molar-refractivity contribution in [1.82, 2.24) is 34.6 Å². The van der Waals surface area contributed by atoms with Crippen LogP contribution in [0.5, 0.6) is 0 Å². The molecule has 290 valence electrons. The Hall–Kier alpha value is -4.84. The Morgan fingerprint density at radius 2 is 1.46 bits per heavy atom. The van der Waals surface area contributed by atoms with Gasteiger partial charge in [-0.05, 0) is 49.4 Å². The van der Waals surface area contributed by atoms with Gasteiger partial charge in [-0.15, -0.1) is 0 Å². The van der Waals surface area contributed by atoms with Crippen molar-refractivity contribution in [2.75, 3.05) is 58.1 Å². The normalized spacial score (nSPS) is 19.1. The first-order valence-corrected chi connectivity index (χ1v) is 17.9. The second kappa shape index (κ2) is 14.8. The number of aromatic nitrogens is 3. The number of carbonyl (C=O) groups excluding carboxylic acids is 2. The molecule has 0 spiro atoms. The maximum atomic E-state index is 14.0. The Balaban J connectivity index is 1.10. The molecule has 0 aliphatic carbocycles. The number of nitrogen functional groups attached to an aromatic ring is 1. The number of rotatable bonds is 6. The van der Waals surface area contributed by atoms with Crippen LogP contribution in [0.3, 0.4) is 0 Å². The lowest BCUT2D eigenvalue weighted by Gasteiger charge is -2.41. The Bertz CT molecular complexity index is 2040. The molecule has 2 aromatic heterocycles. The monoisotopic (exact) mass is 762 g/mol. The van der Waals surface area contributed by atoms with Crippen LogP contribution in [0.2, 0.25) is 0 Å². The number of carbonyl (C=O) groups is 2. The van der Waals surface area contributed by atoms with Crippen molar-refractivity contribution < 1.29 is 40.7 Å². The highest BCUT2D eigenvalue weighted by Gasteiger charge is 2.42. The highest BCUT2D eigenvalue weighted by atomic mass is 19.4. The van der Waals surface area contributed by atoms with Gasteiger partial charge in [0.1, 0.15) is 0 Å². The number of hydrogen-bond acceptors (Lipinski definition) is 8. The molecule has 54 heavy (non-hydrogen) atoms. The van der Waals surface area contributed by atoms with E-state index in [0.717, 1.165) is 31.6 Å². The number of halogens is 6. The summed E-state index contributed by atoms with van der Waals surface area (Å²) in [6, 6.07) is 8.20. The predicted octanol–water partition coefficient (Wildman–Crippen LogP) is 4.78. The van der Waals surface area contributed by atoms with Crippen molar-refractivity contribution in [3.05, 3.63) is 69.8 Å². The molecule has 0 radical (unpaired) electrons. The molecular weight excluding hydrogens is 722 g/mol. The molecule has 3 saturated heterocycles. The van der Waals surface area contributed by atoms with E-state index < -0.39 is 59.3 Å². The number of amides is 2. The van der Waals surface area contributed by atoms with Gasteiger partial charge in [0.05, 0.1) is 39.6 Å². The van der Waals surface area contributed by atoms with Crippen molar-refractivity contribution in [3.8, 4) is 0 Å².